The van der Waals surface area contributed by atoms with Crippen LogP contribution in [-0.4, -0.2) is 14.1 Å². The van der Waals surface area contributed by atoms with E-state index in [9.17, 15) is 0 Å². The molecule has 0 bridgehead atoms. The van der Waals surface area contributed by atoms with Gasteiger partial charge in [0, 0.05) is 31.2 Å². The first kappa shape index (κ1) is 11.2. The highest BCUT2D eigenvalue weighted by Crippen LogP contribution is 2.29. The van der Waals surface area contributed by atoms with Crippen LogP contribution >= 0.6 is 11.3 Å². The lowest BCUT2D eigenvalue weighted by Crippen LogP contribution is -2.07. The highest BCUT2D eigenvalue weighted by Gasteiger charge is 2.05. The maximum Gasteiger partial charge on any atom is 0.0361 e. The predicted molar refractivity (Wildman–Crippen MR) is 72.0 cm³/mol. The molecule has 1 aromatic heterocycles. The van der Waals surface area contributed by atoms with Crippen molar-refractivity contribution in [1.82, 2.24) is 0 Å². The Balaban J connectivity index is 2.35. The van der Waals surface area contributed by atoms with E-state index in [-0.39, 0.29) is 0 Å². The number of anilines is 1. The van der Waals surface area contributed by atoms with Crippen molar-refractivity contribution in [3.05, 3.63) is 40.6 Å². The maximum atomic E-state index is 5.71. The molecular formula is C13H16N2S. The van der Waals surface area contributed by atoms with Crippen molar-refractivity contribution in [3.8, 4) is 11.1 Å². The van der Waals surface area contributed by atoms with E-state index < -0.39 is 0 Å². The Morgan fingerprint density at radius 2 is 1.81 bits per heavy atom. The van der Waals surface area contributed by atoms with Gasteiger partial charge in [-0.15, -0.1) is 11.3 Å². The molecule has 0 atom stereocenters. The van der Waals surface area contributed by atoms with Gasteiger partial charge < -0.3 is 10.6 Å². The molecule has 0 amide bonds. The van der Waals surface area contributed by atoms with E-state index >= 15 is 0 Å². The van der Waals surface area contributed by atoms with Gasteiger partial charge in [-0.2, -0.15) is 0 Å². The van der Waals surface area contributed by atoms with Crippen LogP contribution in [0.2, 0.25) is 0 Å². The first-order valence-corrected chi connectivity index (χ1v) is 6.14. The zero-order chi connectivity index (χ0) is 11.5. The summed E-state index contributed by atoms with van der Waals surface area (Å²) in [6, 6.07) is 10.7. The first-order chi connectivity index (χ1) is 7.72. The summed E-state index contributed by atoms with van der Waals surface area (Å²) < 4.78 is 0. The fourth-order valence-electron chi connectivity index (χ4n) is 1.70. The Hall–Kier alpha value is -1.32. The molecule has 3 heteroatoms. The fraction of sp³-hybridized carbons (Fsp3) is 0.231. The normalized spacial score (nSPS) is 10.4. The fourth-order valence-corrected chi connectivity index (χ4v) is 2.47. The first-order valence-electron chi connectivity index (χ1n) is 5.26. The van der Waals surface area contributed by atoms with E-state index in [0.29, 0.717) is 6.54 Å². The summed E-state index contributed by atoms with van der Waals surface area (Å²) in [4.78, 5) is 3.35. The summed E-state index contributed by atoms with van der Waals surface area (Å²) in [6.45, 7) is 0.614. The number of nitrogens with two attached hydrogens (primary N) is 1. The smallest absolute Gasteiger partial charge is 0.0361 e. The third-order valence-corrected chi connectivity index (χ3v) is 3.57. The molecule has 0 radical (unpaired) electrons. The summed E-state index contributed by atoms with van der Waals surface area (Å²) in [6.07, 6.45) is 0. The third kappa shape index (κ3) is 2.10. The van der Waals surface area contributed by atoms with E-state index in [2.05, 4.69) is 40.6 Å². The molecule has 2 aromatic rings. The largest absolute Gasteiger partial charge is 0.378 e. The van der Waals surface area contributed by atoms with Gasteiger partial charge in [-0.25, -0.2) is 0 Å². The zero-order valence-corrected chi connectivity index (χ0v) is 10.4. The summed E-state index contributed by atoms with van der Waals surface area (Å²) in [5.41, 5.74) is 9.43. The van der Waals surface area contributed by atoms with Crippen molar-refractivity contribution >= 4 is 17.0 Å². The molecule has 0 fully saturated rings. The Morgan fingerprint density at radius 3 is 2.38 bits per heavy atom. The van der Waals surface area contributed by atoms with E-state index in [1.807, 2.05) is 14.1 Å². The van der Waals surface area contributed by atoms with Crippen molar-refractivity contribution in [1.29, 1.82) is 0 Å². The number of thiophene rings is 1. The Bertz CT molecular complexity index is 457. The summed E-state index contributed by atoms with van der Waals surface area (Å²) in [5, 5.41) is 2.09. The molecule has 84 valence electrons. The maximum absolute atomic E-state index is 5.71. The van der Waals surface area contributed by atoms with E-state index in [4.69, 9.17) is 5.73 Å². The quantitative estimate of drug-likeness (QED) is 0.881. The molecule has 2 rings (SSSR count). The molecule has 0 aliphatic carbocycles. The Labute approximate surface area is 100 Å². The molecule has 0 saturated heterocycles. The average Bonchev–Trinajstić information content (AvgIpc) is 2.77. The molecular weight excluding hydrogens is 216 g/mol. The van der Waals surface area contributed by atoms with E-state index in [1.165, 1.54) is 21.7 Å². The summed E-state index contributed by atoms with van der Waals surface area (Å²) in [7, 11) is 4.09. The molecule has 2 nitrogen and oxygen atoms in total. The lowest BCUT2D eigenvalue weighted by molar-refractivity contribution is 1.11. The lowest BCUT2D eigenvalue weighted by atomic mass is 10.1. The van der Waals surface area contributed by atoms with Gasteiger partial charge in [-0.3, -0.25) is 0 Å². The van der Waals surface area contributed by atoms with E-state index in [1.54, 1.807) is 11.3 Å². The monoisotopic (exact) mass is 232 g/mol. The standard InChI is InChI=1S/C13H16N2S/c1-15(2)11-5-3-10(4-6-11)12-7-8-16-13(12)9-14/h3-8H,9,14H2,1-2H3. The number of hydrogen-bond acceptors (Lipinski definition) is 3. The second-order valence-corrected chi connectivity index (χ2v) is 4.90. The number of benzene rings is 1. The van der Waals surface area contributed by atoms with Gasteiger partial charge in [0.2, 0.25) is 0 Å². The van der Waals surface area contributed by atoms with Crippen molar-refractivity contribution in [3.63, 3.8) is 0 Å². The van der Waals surface area contributed by atoms with Gasteiger partial charge in [0.1, 0.15) is 0 Å². The van der Waals surface area contributed by atoms with Crippen LogP contribution in [0.4, 0.5) is 5.69 Å². The van der Waals surface area contributed by atoms with E-state index in [0.717, 1.165) is 0 Å². The van der Waals surface area contributed by atoms with Crippen LogP contribution in [0.25, 0.3) is 11.1 Å². The molecule has 2 N–H and O–H groups in total. The molecule has 0 spiro atoms. The average molecular weight is 232 g/mol. The highest BCUT2D eigenvalue weighted by atomic mass is 32.1. The molecule has 0 aliphatic heterocycles. The minimum absolute atomic E-state index is 0.614. The summed E-state index contributed by atoms with van der Waals surface area (Å²) in [5.74, 6) is 0. The van der Waals surface area contributed by atoms with Gasteiger partial charge in [0.05, 0.1) is 0 Å². The Kier molecular flexibility index (Phi) is 3.27. The number of rotatable bonds is 3. The SMILES string of the molecule is CN(C)c1ccc(-c2ccsc2CN)cc1. The van der Waals surface area contributed by atoms with Crippen LogP contribution in [0, 0.1) is 0 Å². The minimum Gasteiger partial charge on any atom is -0.378 e. The number of hydrogen-bond donors (Lipinski definition) is 1. The lowest BCUT2D eigenvalue weighted by Gasteiger charge is -2.12. The van der Waals surface area contributed by atoms with Crippen LogP contribution in [0.3, 0.4) is 0 Å². The van der Waals surface area contributed by atoms with Crippen LogP contribution in [0.1, 0.15) is 4.88 Å². The molecule has 1 heterocycles. The topological polar surface area (TPSA) is 29.3 Å². The van der Waals surface area contributed by atoms with Crippen molar-refractivity contribution < 1.29 is 0 Å². The van der Waals surface area contributed by atoms with Crippen LogP contribution in [0.15, 0.2) is 35.7 Å². The van der Waals surface area contributed by atoms with Crippen LogP contribution < -0.4 is 10.6 Å². The second-order valence-electron chi connectivity index (χ2n) is 3.90. The zero-order valence-electron chi connectivity index (χ0n) is 9.60. The number of nitrogens with zero attached hydrogens (tertiary/aromatic N) is 1. The third-order valence-electron chi connectivity index (χ3n) is 2.63. The van der Waals surface area contributed by atoms with Crippen LogP contribution in [-0.2, 0) is 6.54 Å². The van der Waals surface area contributed by atoms with Crippen LogP contribution in [0.5, 0.6) is 0 Å². The van der Waals surface area contributed by atoms with Gasteiger partial charge in [-0.05, 0) is 34.7 Å². The van der Waals surface area contributed by atoms with Gasteiger partial charge in [0.25, 0.3) is 0 Å². The molecule has 0 unspecified atom stereocenters. The molecule has 0 saturated carbocycles. The van der Waals surface area contributed by atoms with Gasteiger partial charge in [0.15, 0.2) is 0 Å². The summed E-state index contributed by atoms with van der Waals surface area (Å²) >= 11 is 1.72. The molecule has 16 heavy (non-hydrogen) atoms. The van der Waals surface area contributed by atoms with Crippen molar-refractivity contribution in [2.24, 2.45) is 5.73 Å². The van der Waals surface area contributed by atoms with Crippen molar-refractivity contribution in [2.75, 3.05) is 19.0 Å². The second kappa shape index (κ2) is 4.68. The van der Waals surface area contributed by atoms with Gasteiger partial charge in [-0.1, -0.05) is 12.1 Å². The molecule has 1 aromatic carbocycles. The predicted octanol–water partition coefficient (Wildman–Crippen LogP) is 2.94. The minimum atomic E-state index is 0.614. The molecule has 0 aliphatic rings. The van der Waals surface area contributed by atoms with Crippen molar-refractivity contribution in [2.45, 2.75) is 6.54 Å². The van der Waals surface area contributed by atoms with Gasteiger partial charge >= 0.3 is 0 Å². The highest BCUT2D eigenvalue weighted by molar-refractivity contribution is 7.10. The Morgan fingerprint density at radius 1 is 1.12 bits per heavy atom.